The second kappa shape index (κ2) is 7.21. The highest BCUT2D eigenvalue weighted by molar-refractivity contribution is 7.12. The highest BCUT2D eigenvalue weighted by atomic mass is 32.1. The molecular weight excluding hydrogens is 282 g/mol. The molecule has 0 bridgehead atoms. The zero-order valence-corrected chi connectivity index (χ0v) is 14.1. The fourth-order valence-electron chi connectivity index (χ4n) is 2.99. The average Bonchev–Trinajstić information content (AvgIpc) is 2.88. The lowest BCUT2D eigenvalue weighted by Crippen LogP contribution is -2.31. The number of amides is 2. The Hall–Kier alpha value is -1.16. The molecule has 0 aliphatic carbocycles. The molecule has 3 nitrogen and oxygen atoms in total. The van der Waals surface area contributed by atoms with Crippen molar-refractivity contribution < 1.29 is 9.59 Å². The Morgan fingerprint density at radius 2 is 1.29 bits per heavy atom. The van der Waals surface area contributed by atoms with Crippen LogP contribution >= 0.6 is 11.3 Å². The minimum atomic E-state index is -0.0807. The first kappa shape index (κ1) is 16.2. The molecule has 0 aromatic carbocycles. The van der Waals surface area contributed by atoms with E-state index in [4.69, 9.17) is 0 Å². The fourth-order valence-corrected chi connectivity index (χ4v) is 4.03. The summed E-state index contributed by atoms with van der Waals surface area (Å²) < 4.78 is 0. The third-order valence-corrected chi connectivity index (χ3v) is 5.18. The molecule has 2 rings (SSSR count). The van der Waals surface area contributed by atoms with E-state index in [9.17, 15) is 9.59 Å². The Kier molecular flexibility index (Phi) is 5.57. The maximum atomic E-state index is 12.4. The van der Waals surface area contributed by atoms with Crippen molar-refractivity contribution in [2.24, 2.45) is 0 Å². The van der Waals surface area contributed by atoms with Crippen molar-refractivity contribution in [3.63, 3.8) is 0 Å². The molecule has 2 heterocycles. The van der Waals surface area contributed by atoms with Crippen LogP contribution in [0.15, 0.2) is 0 Å². The van der Waals surface area contributed by atoms with Crippen molar-refractivity contribution in [1.82, 2.24) is 4.90 Å². The molecule has 4 heteroatoms. The molecular formula is C17H25NO2S. The highest BCUT2D eigenvalue weighted by Crippen LogP contribution is 2.34. The van der Waals surface area contributed by atoms with Gasteiger partial charge in [0.05, 0.1) is 11.1 Å². The summed E-state index contributed by atoms with van der Waals surface area (Å²) in [6.45, 7) is 6.65. The topological polar surface area (TPSA) is 37.4 Å². The maximum Gasteiger partial charge on any atom is 0.262 e. The molecule has 0 unspecified atom stereocenters. The molecule has 1 aliphatic rings. The number of unbranched alkanes of at least 4 members (excludes halogenated alkanes) is 6. The lowest BCUT2D eigenvalue weighted by molar-refractivity contribution is 0.0651. The molecule has 0 radical (unpaired) electrons. The Bertz CT molecular complexity index is 497. The molecule has 0 spiro atoms. The largest absolute Gasteiger partial charge is 0.274 e. The third-order valence-electron chi connectivity index (χ3n) is 4.16. The van der Waals surface area contributed by atoms with Crippen LogP contribution < -0.4 is 0 Å². The van der Waals surface area contributed by atoms with E-state index in [0.29, 0.717) is 17.7 Å². The summed E-state index contributed by atoms with van der Waals surface area (Å²) in [5.74, 6) is -0.161. The second-order valence-electron chi connectivity index (χ2n) is 5.85. The molecule has 116 valence electrons. The predicted octanol–water partition coefficient (Wildman–Crippen LogP) is 4.71. The summed E-state index contributed by atoms with van der Waals surface area (Å²) in [5, 5.41) is 0. The van der Waals surface area contributed by atoms with Gasteiger partial charge in [-0.1, -0.05) is 45.4 Å². The summed E-state index contributed by atoms with van der Waals surface area (Å²) >= 11 is 1.55. The maximum absolute atomic E-state index is 12.4. The summed E-state index contributed by atoms with van der Waals surface area (Å²) in [6, 6.07) is 0. The number of rotatable bonds is 8. The van der Waals surface area contributed by atoms with Gasteiger partial charge in [0, 0.05) is 16.3 Å². The van der Waals surface area contributed by atoms with Gasteiger partial charge in [-0.2, -0.15) is 0 Å². The average molecular weight is 307 g/mol. The minimum absolute atomic E-state index is 0.0807. The Balaban J connectivity index is 1.82. The van der Waals surface area contributed by atoms with Crippen LogP contribution in [-0.4, -0.2) is 23.3 Å². The first-order chi connectivity index (χ1) is 10.1. The molecule has 0 saturated heterocycles. The summed E-state index contributed by atoms with van der Waals surface area (Å²) in [6.07, 6.45) is 8.37. The van der Waals surface area contributed by atoms with Gasteiger partial charge >= 0.3 is 0 Å². The number of carbonyl (C=O) groups excluding carboxylic acids is 2. The van der Waals surface area contributed by atoms with Gasteiger partial charge in [0.2, 0.25) is 0 Å². The molecule has 0 saturated carbocycles. The number of imide groups is 1. The molecule has 0 fully saturated rings. The number of hydrogen-bond donors (Lipinski definition) is 0. The van der Waals surface area contributed by atoms with E-state index in [1.807, 2.05) is 13.8 Å². The smallest absolute Gasteiger partial charge is 0.262 e. The molecule has 0 N–H and O–H groups in total. The van der Waals surface area contributed by atoms with Gasteiger partial charge in [-0.25, -0.2) is 0 Å². The van der Waals surface area contributed by atoms with Crippen LogP contribution in [0.2, 0.25) is 0 Å². The zero-order chi connectivity index (χ0) is 15.4. The van der Waals surface area contributed by atoms with Crippen molar-refractivity contribution in [2.45, 2.75) is 65.7 Å². The number of carbonyl (C=O) groups is 2. The van der Waals surface area contributed by atoms with Crippen LogP contribution in [0.4, 0.5) is 0 Å². The van der Waals surface area contributed by atoms with Gasteiger partial charge in [-0.3, -0.25) is 14.5 Å². The van der Waals surface area contributed by atoms with Crippen LogP contribution in [0, 0.1) is 13.8 Å². The molecule has 1 aromatic heterocycles. The van der Waals surface area contributed by atoms with E-state index in [0.717, 1.165) is 22.6 Å². The standard InChI is InChI=1S/C17H25NO2S/c1-4-5-6-7-8-9-10-11-18-16(19)14-12(2)21-13(3)15(14)17(18)20/h4-11H2,1-3H3. The van der Waals surface area contributed by atoms with Crippen molar-refractivity contribution in [3.8, 4) is 0 Å². The first-order valence-corrected chi connectivity index (χ1v) is 8.85. The van der Waals surface area contributed by atoms with E-state index in [-0.39, 0.29) is 11.8 Å². The second-order valence-corrected chi connectivity index (χ2v) is 7.28. The van der Waals surface area contributed by atoms with Crippen LogP contribution in [-0.2, 0) is 0 Å². The van der Waals surface area contributed by atoms with Gasteiger partial charge in [-0.05, 0) is 20.3 Å². The first-order valence-electron chi connectivity index (χ1n) is 8.04. The minimum Gasteiger partial charge on any atom is -0.274 e. The molecule has 2 amide bonds. The zero-order valence-electron chi connectivity index (χ0n) is 13.3. The Morgan fingerprint density at radius 3 is 1.81 bits per heavy atom. The van der Waals surface area contributed by atoms with Crippen LogP contribution in [0.1, 0.15) is 82.3 Å². The summed E-state index contributed by atoms with van der Waals surface area (Å²) in [7, 11) is 0. The molecule has 0 atom stereocenters. The summed E-state index contributed by atoms with van der Waals surface area (Å²) in [5.41, 5.74) is 1.32. The van der Waals surface area contributed by atoms with Crippen LogP contribution in [0.3, 0.4) is 0 Å². The Labute approximate surface area is 131 Å². The third kappa shape index (κ3) is 3.37. The van der Waals surface area contributed by atoms with Gasteiger partial charge in [0.15, 0.2) is 0 Å². The number of nitrogens with zero attached hydrogens (tertiary/aromatic N) is 1. The van der Waals surface area contributed by atoms with E-state index in [1.165, 1.54) is 37.0 Å². The lowest BCUT2D eigenvalue weighted by atomic mass is 10.1. The van der Waals surface area contributed by atoms with Crippen molar-refractivity contribution in [1.29, 1.82) is 0 Å². The monoisotopic (exact) mass is 307 g/mol. The molecule has 21 heavy (non-hydrogen) atoms. The SMILES string of the molecule is CCCCCCCCCN1C(=O)c2c(C)sc(C)c2C1=O. The lowest BCUT2D eigenvalue weighted by Gasteiger charge is -2.14. The van der Waals surface area contributed by atoms with E-state index in [2.05, 4.69) is 6.92 Å². The van der Waals surface area contributed by atoms with E-state index in [1.54, 1.807) is 11.3 Å². The number of hydrogen-bond acceptors (Lipinski definition) is 3. The van der Waals surface area contributed by atoms with Gasteiger partial charge < -0.3 is 0 Å². The van der Waals surface area contributed by atoms with Gasteiger partial charge in [0.25, 0.3) is 11.8 Å². The van der Waals surface area contributed by atoms with Crippen molar-refractivity contribution >= 4 is 23.2 Å². The van der Waals surface area contributed by atoms with Gasteiger partial charge in [0.1, 0.15) is 0 Å². The molecule has 1 aliphatic heterocycles. The predicted molar refractivity (Wildman–Crippen MR) is 87.2 cm³/mol. The number of aryl methyl sites for hydroxylation is 2. The normalized spacial score (nSPS) is 14.1. The van der Waals surface area contributed by atoms with Crippen molar-refractivity contribution in [3.05, 3.63) is 20.9 Å². The Morgan fingerprint density at radius 1 is 0.810 bits per heavy atom. The van der Waals surface area contributed by atoms with E-state index >= 15 is 0 Å². The van der Waals surface area contributed by atoms with E-state index < -0.39 is 0 Å². The molecule has 1 aromatic rings. The summed E-state index contributed by atoms with van der Waals surface area (Å²) in [4.78, 5) is 28.1. The number of thiophene rings is 1. The van der Waals surface area contributed by atoms with Crippen LogP contribution in [0.25, 0.3) is 0 Å². The van der Waals surface area contributed by atoms with Crippen molar-refractivity contribution in [2.75, 3.05) is 6.54 Å². The van der Waals surface area contributed by atoms with Crippen LogP contribution in [0.5, 0.6) is 0 Å². The quantitative estimate of drug-likeness (QED) is 0.515. The number of fused-ring (bicyclic) bond motifs is 1. The van der Waals surface area contributed by atoms with Gasteiger partial charge in [-0.15, -0.1) is 11.3 Å². The fraction of sp³-hybridized carbons (Fsp3) is 0.647. The highest BCUT2D eigenvalue weighted by Gasteiger charge is 2.39.